The molecule has 1 heterocycles. The maximum atomic E-state index is 11.8. The number of ether oxygens (including phenoxy) is 2. The monoisotopic (exact) mass is 249 g/mol. The normalized spacial score (nSPS) is 10.7. The fraction of sp³-hybridized carbons (Fsp3) is 0.333. The lowest BCUT2D eigenvalue weighted by atomic mass is 10.2. The van der Waals surface area contributed by atoms with Gasteiger partial charge in [-0.25, -0.2) is 4.79 Å². The molecule has 0 bridgehead atoms. The van der Waals surface area contributed by atoms with E-state index in [0.29, 0.717) is 30.7 Å². The number of nitrogens with two attached hydrogens (primary N) is 1. The molecular formula is C12H15N3O3. The summed E-state index contributed by atoms with van der Waals surface area (Å²) < 4.78 is 9.96. The van der Waals surface area contributed by atoms with Crippen molar-refractivity contribution in [2.75, 3.05) is 26.1 Å². The highest BCUT2D eigenvalue weighted by Crippen LogP contribution is 2.19. The smallest absolute Gasteiger partial charge is 0.359 e. The van der Waals surface area contributed by atoms with Crippen LogP contribution in [0.2, 0.25) is 0 Å². The molecule has 0 atom stereocenters. The van der Waals surface area contributed by atoms with Gasteiger partial charge in [-0.2, -0.15) is 5.10 Å². The van der Waals surface area contributed by atoms with Crippen molar-refractivity contribution in [3.8, 4) is 0 Å². The number of rotatable bonds is 5. The summed E-state index contributed by atoms with van der Waals surface area (Å²) in [7, 11) is 1.60. The average molecular weight is 249 g/mol. The predicted molar refractivity (Wildman–Crippen MR) is 67.3 cm³/mol. The molecule has 0 unspecified atom stereocenters. The highest BCUT2D eigenvalue weighted by molar-refractivity contribution is 6.02. The molecule has 0 aliphatic heterocycles. The minimum absolute atomic E-state index is 0.259. The molecule has 0 aliphatic rings. The number of hydrogen-bond donors (Lipinski definition) is 2. The fourth-order valence-corrected chi connectivity index (χ4v) is 1.62. The number of carbonyl (C=O) groups is 1. The van der Waals surface area contributed by atoms with Gasteiger partial charge in [0.15, 0.2) is 5.69 Å². The third-order valence-corrected chi connectivity index (χ3v) is 2.51. The Hall–Kier alpha value is -2.08. The van der Waals surface area contributed by atoms with Gasteiger partial charge < -0.3 is 15.2 Å². The first kappa shape index (κ1) is 12.4. The molecule has 2 rings (SSSR count). The average Bonchev–Trinajstić information content (AvgIpc) is 2.77. The SMILES string of the molecule is COCCCOC(=O)c1n[nH]c2ccc(N)cc12. The van der Waals surface area contributed by atoms with Crippen molar-refractivity contribution >= 4 is 22.6 Å². The van der Waals surface area contributed by atoms with Crippen LogP contribution in [0.4, 0.5) is 5.69 Å². The maximum absolute atomic E-state index is 11.8. The zero-order chi connectivity index (χ0) is 13.0. The van der Waals surface area contributed by atoms with Gasteiger partial charge in [-0.3, -0.25) is 5.10 Å². The molecule has 2 aromatic rings. The Morgan fingerprint density at radius 2 is 2.28 bits per heavy atom. The predicted octanol–water partition coefficient (Wildman–Crippen LogP) is 1.34. The van der Waals surface area contributed by atoms with Gasteiger partial charge in [0.05, 0.1) is 12.1 Å². The number of nitrogens with one attached hydrogen (secondary N) is 1. The van der Waals surface area contributed by atoms with Crippen molar-refractivity contribution in [3.05, 3.63) is 23.9 Å². The lowest BCUT2D eigenvalue weighted by Crippen LogP contribution is -2.08. The van der Waals surface area contributed by atoms with Gasteiger partial charge in [-0.05, 0) is 18.2 Å². The number of methoxy groups -OCH3 is 1. The van der Waals surface area contributed by atoms with E-state index in [9.17, 15) is 4.79 Å². The van der Waals surface area contributed by atoms with Gasteiger partial charge in [0.2, 0.25) is 0 Å². The van der Waals surface area contributed by atoms with E-state index in [0.717, 1.165) is 5.52 Å². The Balaban J connectivity index is 2.10. The molecule has 0 aliphatic carbocycles. The highest BCUT2D eigenvalue weighted by Gasteiger charge is 2.15. The van der Waals surface area contributed by atoms with E-state index >= 15 is 0 Å². The first-order chi connectivity index (χ1) is 8.72. The Morgan fingerprint density at radius 3 is 3.06 bits per heavy atom. The number of hydrogen-bond acceptors (Lipinski definition) is 5. The quantitative estimate of drug-likeness (QED) is 0.474. The van der Waals surface area contributed by atoms with Gasteiger partial charge in [0.1, 0.15) is 0 Å². The molecule has 0 saturated carbocycles. The Labute approximate surface area is 104 Å². The topological polar surface area (TPSA) is 90.2 Å². The van der Waals surface area contributed by atoms with Crippen molar-refractivity contribution in [1.82, 2.24) is 10.2 Å². The third kappa shape index (κ3) is 2.60. The molecule has 1 aromatic heterocycles. The number of benzene rings is 1. The van der Waals surface area contributed by atoms with E-state index in [-0.39, 0.29) is 5.69 Å². The minimum Gasteiger partial charge on any atom is -0.461 e. The molecular weight excluding hydrogens is 234 g/mol. The van der Waals surface area contributed by atoms with Crippen molar-refractivity contribution in [1.29, 1.82) is 0 Å². The van der Waals surface area contributed by atoms with Crippen LogP contribution in [0.15, 0.2) is 18.2 Å². The summed E-state index contributed by atoms with van der Waals surface area (Å²) in [6, 6.07) is 5.22. The molecule has 6 nitrogen and oxygen atoms in total. The number of carbonyl (C=O) groups excluding carboxylic acids is 1. The standard InChI is InChI=1S/C12H15N3O3/c1-17-5-2-6-18-12(16)11-9-7-8(13)3-4-10(9)14-15-11/h3-4,7H,2,5-6,13H2,1H3,(H,14,15). The van der Waals surface area contributed by atoms with E-state index in [1.807, 2.05) is 0 Å². The molecule has 0 fully saturated rings. The number of nitrogens with zero attached hydrogens (tertiary/aromatic N) is 1. The molecule has 1 aromatic carbocycles. The molecule has 96 valence electrons. The van der Waals surface area contributed by atoms with Crippen molar-refractivity contribution < 1.29 is 14.3 Å². The largest absolute Gasteiger partial charge is 0.461 e. The lowest BCUT2D eigenvalue weighted by molar-refractivity contribution is 0.0464. The third-order valence-electron chi connectivity index (χ3n) is 2.51. The summed E-state index contributed by atoms with van der Waals surface area (Å²) in [6.45, 7) is 0.866. The van der Waals surface area contributed by atoms with Crippen LogP contribution in [-0.4, -0.2) is 36.5 Å². The van der Waals surface area contributed by atoms with Crippen LogP contribution in [-0.2, 0) is 9.47 Å². The second kappa shape index (κ2) is 5.50. The Bertz CT molecular complexity index is 550. The van der Waals surface area contributed by atoms with E-state index in [2.05, 4.69) is 10.2 Å². The van der Waals surface area contributed by atoms with Crippen LogP contribution in [0.5, 0.6) is 0 Å². The van der Waals surface area contributed by atoms with Crippen molar-refractivity contribution in [2.45, 2.75) is 6.42 Å². The van der Waals surface area contributed by atoms with Crippen LogP contribution in [0, 0.1) is 0 Å². The molecule has 0 spiro atoms. The molecule has 3 N–H and O–H groups in total. The van der Waals surface area contributed by atoms with Crippen LogP contribution in [0.3, 0.4) is 0 Å². The van der Waals surface area contributed by atoms with E-state index < -0.39 is 5.97 Å². The lowest BCUT2D eigenvalue weighted by Gasteiger charge is -2.02. The molecule has 0 amide bonds. The van der Waals surface area contributed by atoms with Crippen molar-refractivity contribution in [3.63, 3.8) is 0 Å². The Kier molecular flexibility index (Phi) is 3.78. The van der Waals surface area contributed by atoms with Crippen LogP contribution in [0.25, 0.3) is 10.9 Å². The van der Waals surface area contributed by atoms with E-state index in [4.69, 9.17) is 15.2 Å². The highest BCUT2D eigenvalue weighted by atomic mass is 16.5. The summed E-state index contributed by atoms with van der Waals surface area (Å²) in [5.41, 5.74) is 7.28. The number of fused-ring (bicyclic) bond motifs is 1. The van der Waals surface area contributed by atoms with Gasteiger partial charge in [0, 0.05) is 31.2 Å². The summed E-state index contributed by atoms with van der Waals surface area (Å²) in [6.07, 6.45) is 0.659. The zero-order valence-corrected chi connectivity index (χ0v) is 10.1. The van der Waals surface area contributed by atoms with Gasteiger partial charge in [0.25, 0.3) is 0 Å². The molecule has 18 heavy (non-hydrogen) atoms. The number of aromatic amines is 1. The molecule has 6 heteroatoms. The van der Waals surface area contributed by atoms with Gasteiger partial charge in [-0.15, -0.1) is 0 Å². The summed E-state index contributed by atoms with van der Waals surface area (Å²) in [5, 5.41) is 7.39. The first-order valence-corrected chi connectivity index (χ1v) is 5.62. The Morgan fingerprint density at radius 1 is 1.44 bits per heavy atom. The number of H-pyrrole nitrogens is 1. The zero-order valence-electron chi connectivity index (χ0n) is 10.1. The second-order valence-corrected chi connectivity index (χ2v) is 3.86. The molecule has 0 radical (unpaired) electrons. The maximum Gasteiger partial charge on any atom is 0.359 e. The fourth-order valence-electron chi connectivity index (χ4n) is 1.62. The van der Waals surface area contributed by atoms with E-state index in [1.165, 1.54) is 0 Å². The number of anilines is 1. The van der Waals surface area contributed by atoms with Crippen LogP contribution in [0.1, 0.15) is 16.9 Å². The second-order valence-electron chi connectivity index (χ2n) is 3.86. The summed E-state index contributed by atoms with van der Waals surface area (Å²) in [4.78, 5) is 11.8. The van der Waals surface area contributed by atoms with Crippen molar-refractivity contribution in [2.24, 2.45) is 0 Å². The van der Waals surface area contributed by atoms with Gasteiger partial charge in [-0.1, -0.05) is 0 Å². The molecule has 0 saturated heterocycles. The van der Waals surface area contributed by atoms with Crippen LogP contribution >= 0.6 is 0 Å². The summed E-state index contributed by atoms with van der Waals surface area (Å²) >= 11 is 0. The number of aromatic nitrogens is 2. The minimum atomic E-state index is -0.456. The van der Waals surface area contributed by atoms with Gasteiger partial charge >= 0.3 is 5.97 Å². The first-order valence-electron chi connectivity index (χ1n) is 5.62. The van der Waals surface area contributed by atoms with E-state index in [1.54, 1.807) is 25.3 Å². The van der Waals surface area contributed by atoms with Crippen LogP contribution < -0.4 is 5.73 Å². The number of nitrogen functional groups attached to an aromatic ring is 1. The summed E-state index contributed by atoms with van der Waals surface area (Å²) in [5.74, 6) is -0.456. The number of esters is 1.